The average Bonchev–Trinajstić information content (AvgIpc) is 2.81. The molecular weight excluding hydrogens is 308 g/mol. The summed E-state index contributed by atoms with van der Waals surface area (Å²) in [7, 11) is 1.47. The van der Waals surface area contributed by atoms with E-state index in [4.69, 9.17) is 4.74 Å². The molecular formula is C18H24N2O4. The van der Waals surface area contributed by atoms with Gasteiger partial charge in [0.2, 0.25) is 0 Å². The number of aliphatic hydroxyl groups excluding tert-OH is 1. The predicted octanol–water partition coefficient (Wildman–Crippen LogP) is 1.64. The van der Waals surface area contributed by atoms with Crippen LogP contribution in [-0.4, -0.2) is 53.8 Å². The van der Waals surface area contributed by atoms with Crippen LogP contribution >= 0.6 is 0 Å². The lowest BCUT2D eigenvalue weighted by atomic mass is 9.74. The van der Waals surface area contributed by atoms with Gasteiger partial charge >= 0.3 is 6.03 Å². The number of amides is 3. The molecule has 1 aliphatic carbocycles. The zero-order valence-corrected chi connectivity index (χ0v) is 13.9. The van der Waals surface area contributed by atoms with Crippen molar-refractivity contribution in [1.82, 2.24) is 10.2 Å². The van der Waals surface area contributed by atoms with E-state index in [0.717, 1.165) is 17.7 Å². The van der Waals surface area contributed by atoms with Gasteiger partial charge in [-0.25, -0.2) is 4.79 Å². The lowest BCUT2D eigenvalue weighted by molar-refractivity contribution is -0.133. The van der Waals surface area contributed by atoms with Crippen molar-refractivity contribution in [3.63, 3.8) is 0 Å². The van der Waals surface area contributed by atoms with Crippen molar-refractivity contribution in [2.24, 2.45) is 0 Å². The molecule has 1 spiro atoms. The van der Waals surface area contributed by atoms with E-state index in [2.05, 4.69) is 17.4 Å². The molecule has 3 rings (SSSR count). The van der Waals surface area contributed by atoms with Crippen LogP contribution in [0, 0.1) is 0 Å². The Bertz CT molecular complexity index is 596. The third kappa shape index (κ3) is 3.16. The summed E-state index contributed by atoms with van der Waals surface area (Å²) in [4.78, 5) is 26.1. The molecule has 24 heavy (non-hydrogen) atoms. The Kier molecular flexibility index (Phi) is 4.87. The first-order valence-corrected chi connectivity index (χ1v) is 8.42. The summed E-state index contributed by atoms with van der Waals surface area (Å²) in [6, 6.07) is 9.88. The number of ether oxygens (including phenoxy) is 1. The zero-order chi connectivity index (χ0) is 17.2. The predicted molar refractivity (Wildman–Crippen MR) is 88.5 cm³/mol. The minimum Gasteiger partial charge on any atom is -0.389 e. The Labute approximate surface area is 141 Å². The van der Waals surface area contributed by atoms with E-state index >= 15 is 0 Å². The van der Waals surface area contributed by atoms with Crippen LogP contribution in [0.1, 0.15) is 37.2 Å². The molecule has 130 valence electrons. The average molecular weight is 332 g/mol. The molecule has 1 saturated heterocycles. The number of hydrogen-bond donors (Lipinski definition) is 2. The number of hydrogen-bond acceptors (Lipinski definition) is 4. The molecule has 1 aromatic rings. The van der Waals surface area contributed by atoms with Gasteiger partial charge in [0.25, 0.3) is 5.91 Å². The maximum atomic E-state index is 12.8. The highest BCUT2D eigenvalue weighted by molar-refractivity contribution is 6.07. The molecule has 2 N–H and O–H groups in total. The van der Waals surface area contributed by atoms with Gasteiger partial charge in [0.05, 0.1) is 19.3 Å². The maximum Gasteiger partial charge on any atom is 0.325 e. The first kappa shape index (κ1) is 16.9. The molecule has 6 heteroatoms. The number of nitrogens with one attached hydrogen (secondary N) is 1. The second-order valence-electron chi connectivity index (χ2n) is 6.72. The summed E-state index contributed by atoms with van der Waals surface area (Å²) in [6.07, 6.45) is 2.14. The fourth-order valence-electron chi connectivity index (χ4n) is 3.81. The highest BCUT2D eigenvalue weighted by atomic mass is 16.5. The van der Waals surface area contributed by atoms with Crippen LogP contribution in [0.2, 0.25) is 0 Å². The van der Waals surface area contributed by atoms with Gasteiger partial charge in [-0.3, -0.25) is 9.69 Å². The number of benzene rings is 1. The van der Waals surface area contributed by atoms with Crippen LogP contribution < -0.4 is 5.32 Å². The van der Waals surface area contributed by atoms with Crippen LogP contribution in [0.15, 0.2) is 30.3 Å². The summed E-state index contributed by atoms with van der Waals surface area (Å²) < 4.78 is 4.86. The number of rotatable bonds is 5. The smallest absolute Gasteiger partial charge is 0.325 e. The molecule has 1 saturated carbocycles. The van der Waals surface area contributed by atoms with Crippen molar-refractivity contribution < 1.29 is 19.4 Å². The highest BCUT2D eigenvalue weighted by Gasteiger charge is 2.52. The van der Waals surface area contributed by atoms with Crippen LogP contribution in [0.3, 0.4) is 0 Å². The first-order chi connectivity index (χ1) is 11.6. The van der Waals surface area contributed by atoms with Crippen molar-refractivity contribution in [2.45, 2.75) is 43.2 Å². The van der Waals surface area contributed by atoms with Gasteiger partial charge in [-0.2, -0.15) is 0 Å². The third-order valence-electron chi connectivity index (χ3n) is 5.11. The molecule has 0 bridgehead atoms. The molecule has 1 aliphatic heterocycles. The Morgan fingerprint density at radius 1 is 1.29 bits per heavy atom. The van der Waals surface area contributed by atoms with E-state index in [1.807, 2.05) is 18.2 Å². The number of carbonyl (C=O) groups excluding carboxylic acids is 2. The third-order valence-corrected chi connectivity index (χ3v) is 5.11. The summed E-state index contributed by atoms with van der Waals surface area (Å²) >= 11 is 0. The summed E-state index contributed by atoms with van der Waals surface area (Å²) in [5.74, 6) is 0.212. The second-order valence-corrected chi connectivity index (χ2v) is 6.72. The van der Waals surface area contributed by atoms with Gasteiger partial charge in [-0.1, -0.05) is 30.3 Å². The van der Waals surface area contributed by atoms with Crippen molar-refractivity contribution in [1.29, 1.82) is 0 Å². The monoisotopic (exact) mass is 332 g/mol. The SMILES string of the molecule is COC[C@H](O)CN1C(=O)NC2(CCC(c3ccccc3)CC2)C1=O. The molecule has 1 heterocycles. The molecule has 6 nitrogen and oxygen atoms in total. The lowest BCUT2D eigenvalue weighted by Gasteiger charge is -2.35. The van der Waals surface area contributed by atoms with Gasteiger partial charge < -0.3 is 15.2 Å². The number of methoxy groups -OCH3 is 1. The Hall–Kier alpha value is -1.92. The van der Waals surface area contributed by atoms with Crippen LogP contribution in [0.25, 0.3) is 0 Å². The molecule has 1 aromatic carbocycles. The summed E-state index contributed by atoms with van der Waals surface area (Å²) in [5, 5.41) is 12.7. The van der Waals surface area contributed by atoms with Crippen molar-refractivity contribution in [2.75, 3.05) is 20.3 Å². The fourth-order valence-corrected chi connectivity index (χ4v) is 3.81. The van der Waals surface area contributed by atoms with E-state index in [1.54, 1.807) is 0 Å². The van der Waals surface area contributed by atoms with E-state index in [9.17, 15) is 14.7 Å². The van der Waals surface area contributed by atoms with Gasteiger partial charge in [0.1, 0.15) is 5.54 Å². The largest absolute Gasteiger partial charge is 0.389 e. The highest BCUT2D eigenvalue weighted by Crippen LogP contribution is 2.40. The minimum absolute atomic E-state index is 0.0254. The number of β-amino-alcohol motifs (C(OH)–C–C–N with tert-alkyl or cyclic N) is 1. The standard InChI is InChI=1S/C18H24N2O4/c1-24-12-15(21)11-20-16(22)18(19-17(20)23)9-7-14(8-10-18)13-5-3-2-4-6-13/h2-6,14-15,21H,7-12H2,1H3,(H,19,23)/t14?,15-,18?/m1/s1. The van der Waals surface area contributed by atoms with Crippen molar-refractivity contribution >= 4 is 11.9 Å². The topological polar surface area (TPSA) is 78.9 Å². The quantitative estimate of drug-likeness (QED) is 0.804. The fraction of sp³-hybridized carbons (Fsp3) is 0.556. The van der Waals surface area contributed by atoms with Crippen LogP contribution in [-0.2, 0) is 9.53 Å². The van der Waals surface area contributed by atoms with Gasteiger partial charge in [0.15, 0.2) is 0 Å². The zero-order valence-electron chi connectivity index (χ0n) is 13.9. The molecule has 1 atom stereocenters. The number of aliphatic hydroxyl groups is 1. The molecule has 0 aromatic heterocycles. The molecule has 0 radical (unpaired) electrons. The normalized spacial score (nSPS) is 28.2. The van der Waals surface area contributed by atoms with E-state index in [-0.39, 0.29) is 19.1 Å². The maximum absolute atomic E-state index is 12.8. The second kappa shape index (κ2) is 6.91. The number of nitrogens with zero attached hydrogens (tertiary/aromatic N) is 1. The van der Waals surface area contributed by atoms with Crippen LogP contribution in [0.4, 0.5) is 4.79 Å². The molecule has 0 unspecified atom stereocenters. The molecule has 2 aliphatic rings. The van der Waals surface area contributed by atoms with Gasteiger partial charge in [-0.15, -0.1) is 0 Å². The summed E-state index contributed by atoms with van der Waals surface area (Å²) in [5.41, 5.74) is 0.492. The van der Waals surface area contributed by atoms with Gasteiger partial charge in [0, 0.05) is 7.11 Å². The number of carbonyl (C=O) groups is 2. The Balaban J connectivity index is 1.65. The number of urea groups is 1. The van der Waals surface area contributed by atoms with Crippen molar-refractivity contribution in [3.8, 4) is 0 Å². The molecule has 2 fully saturated rings. The van der Waals surface area contributed by atoms with Gasteiger partial charge in [-0.05, 0) is 37.2 Å². The Morgan fingerprint density at radius 2 is 1.96 bits per heavy atom. The molecule has 3 amide bonds. The lowest BCUT2D eigenvalue weighted by Crippen LogP contribution is -2.49. The van der Waals surface area contributed by atoms with Crippen LogP contribution in [0.5, 0.6) is 0 Å². The number of imide groups is 1. The Morgan fingerprint density at radius 3 is 2.58 bits per heavy atom. The summed E-state index contributed by atoms with van der Waals surface area (Å²) in [6.45, 7) is 0.0719. The van der Waals surface area contributed by atoms with E-state index < -0.39 is 17.7 Å². The minimum atomic E-state index is -0.861. The van der Waals surface area contributed by atoms with E-state index in [1.165, 1.54) is 12.7 Å². The first-order valence-electron chi connectivity index (χ1n) is 8.42. The van der Waals surface area contributed by atoms with Crippen molar-refractivity contribution in [3.05, 3.63) is 35.9 Å². The van der Waals surface area contributed by atoms with E-state index in [0.29, 0.717) is 18.8 Å².